The Hall–Kier alpha value is -0.640. The normalized spacial score (nSPS) is 48.8. The molecule has 1 fully saturated rings. The topological polar surface area (TPSA) is 29.0 Å². The second kappa shape index (κ2) is 4.26. The van der Waals surface area contributed by atoms with Crippen LogP contribution in [0.4, 0.5) is 5.82 Å². The average molecular weight is 268 g/mol. The summed E-state index contributed by atoms with van der Waals surface area (Å²) in [5.41, 5.74) is 0. The maximum atomic E-state index is 8.12. The van der Waals surface area contributed by atoms with Gasteiger partial charge in [-0.2, -0.15) is 0 Å². The molecule has 0 bridgehead atoms. The predicted molar refractivity (Wildman–Crippen MR) is 60.3 cm³/mol. The first-order valence-corrected chi connectivity index (χ1v) is 4.44. The Kier molecular flexibility index (Phi) is 0.893. The minimum Gasteiger partial charge on any atom is -0.355 e. The van der Waals surface area contributed by atoms with Crippen molar-refractivity contribution in [1.29, 1.82) is 0 Å². The number of piperidine rings is 1. The van der Waals surface area contributed by atoms with E-state index in [9.17, 15) is 0 Å². The Balaban J connectivity index is 2.89. The fourth-order valence-electron chi connectivity index (χ4n) is 0.838. The maximum Gasteiger partial charge on any atom is 0.148 e. The number of nitrogens with zero attached hydrogens (tertiary/aromatic N) is 3. The van der Waals surface area contributed by atoms with Gasteiger partial charge in [0, 0.05) is 29.4 Å². The first-order valence-electron chi connectivity index (χ1n) is 9.65. The van der Waals surface area contributed by atoms with E-state index in [0.717, 1.165) is 6.20 Å². The molecule has 4 heteroatoms. The Bertz CT molecular complexity index is 689. The molecule has 0 aliphatic carbocycles. The summed E-state index contributed by atoms with van der Waals surface area (Å²) in [4.78, 5) is 7.54. The quantitative estimate of drug-likeness (QED) is 0.783. The molecular weight excluding hydrogens is 242 g/mol. The summed E-state index contributed by atoms with van der Waals surface area (Å²) >= 11 is 2.96. The van der Waals surface area contributed by atoms with E-state index in [1.54, 1.807) is 0 Å². The first kappa shape index (κ1) is 2.94. The second-order valence-electron chi connectivity index (χ2n) is 2.38. The van der Waals surface area contributed by atoms with Gasteiger partial charge in [-0.3, -0.25) is 4.98 Å². The van der Waals surface area contributed by atoms with Crippen LogP contribution in [0.5, 0.6) is 0 Å². The highest BCUT2D eigenvalue weighted by molar-refractivity contribution is 9.10. The summed E-state index contributed by atoms with van der Waals surface area (Å²) in [7, 11) is 0. The zero-order valence-electron chi connectivity index (χ0n) is 18.9. The Morgan fingerprint density at radius 1 is 1.64 bits per heavy atom. The lowest BCUT2D eigenvalue weighted by Crippen LogP contribution is -2.33. The molecule has 0 radical (unpaired) electrons. The third-order valence-corrected chi connectivity index (χ3v) is 1.79. The van der Waals surface area contributed by atoms with Crippen molar-refractivity contribution >= 4 is 21.7 Å². The number of rotatable bonds is 1. The Morgan fingerprint density at radius 3 is 3.07 bits per heavy atom. The third kappa shape index (κ3) is 2.23. The van der Waals surface area contributed by atoms with Crippen molar-refractivity contribution in [3.05, 3.63) is 17.0 Å². The molecule has 2 rings (SSSR count). The van der Waals surface area contributed by atoms with Gasteiger partial charge in [0.25, 0.3) is 0 Å². The van der Waals surface area contributed by atoms with Gasteiger partial charge in [0.1, 0.15) is 10.4 Å². The minimum atomic E-state index is -3.75. The highest BCUT2D eigenvalue weighted by Crippen LogP contribution is 2.21. The van der Waals surface area contributed by atoms with Crippen LogP contribution in [0.2, 0.25) is 0 Å². The van der Waals surface area contributed by atoms with E-state index in [2.05, 4.69) is 25.9 Å². The zero-order valence-corrected chi connectivity index (χ0v) is 8.46. The number of halogens is 1. The van der Waals surface area contributed by atoms with E-state index < -0.39 is 44.3 Å². The summed E-state index contributed by atoms with van der Waals surface area (Å²) in [6, 6.07) is 0. The van der Waals surface area contributed by atoms with E-state index in [4.69, 9.17) is 16.4 Å². The van der Waals surface area contributed by atoms with E-state index in [0.29, 0.717) is 0 Å². The summed E-state index contributed by atoms with van der Waals surface area (Å²) < 4.78 is 95.2. The molecule has 0 N–H and O–H groups in total. The van der Waals surface area contributed by atoms with Crippen LogP contribution in [0.25, 0.3) is 0 Å². The molecular formula is C10H14BrN3. The molecule has 1 aliphatic rings. The summed E-state index contributed by atoms with van der Waals surface area (Å²) in [5, 5.41) is 0. The van der Waals surface area contributed by atoms with Crippen LogP contribution in [0.3, 0.4) is 0 Å². The molecule has 0 saturated carbocycles. The molecule has 76 valence electrons. The monoisotopic (exact) mass is 267 g/mol. The molecule has 1 saturated heterocycles. The van der Waals surface area contributed by atoms with Crippen LogP contribution >= 0.6 is 15.9 Å². The van der Waals surface area contributed by atoms with Crippen LogP contribution in [0.1, 0.15) is 36.0 Å². The summed E-state index contributed by atoms with van der Waals surface area (Å²) in [6.07, 6.45) is -5.24. The second-order valence-corrected chi connectivity index (χ2v) is 3.20. The maximum absolute atomic E-state index is 8.12. The zero-order chi connectivity index (χ0) is 20.6. The SMILES string of the molecule is [2H]C([2H])([2H])C1([2H])C([2H])([2H])C([2H])([2H])N(c2cncc(Br)n2)C([2H])([2H])C1([2H])[2H]. The molecule has 2 heterocycles. The smallest absolute Gasteiger partial charge is 0.148 e. The lowest BCUT2D eigenvalue weighted by molar-refractivity contribution is 0.436. The van der Waals surface area contributed by atoms with Crippen LogP contribution in [-0.2, 0) is 0 Å². The van der Waals surface area contributed by atoms with E-state index in [-0.39, 0.29) is 9.50 Å². The van der Waals surface area contributed by atoms with E-state index in [1.165, 1.54) is 6.20 Å². The molecule has 0 atom stereocenters. The van der Waals surface area contributed by atoms with Crippen molar-refractivity contribution in [2.75, 3.05) is 17.9 Å². The van der Waals surface area contributed by atoms with Gasteiger partial charge in [0.05, 0.1) is 12.4 Å². The Labute approximate surface area is 110 Å². The van der Waals surface area contributed by atoms with Crippen molar-refractivity contribution < 1.29 is 16.4 Å². The molecule has 14 heavy (non-hydrogen) atoms. The molecule has 0 aromatic carbocycles. The van der Waals surface area contributed by atoms with Gasteiger partial charge >= 0.3 is 0 Å². The van der Waals surface area contributed by atoms with Gasteiger partial charge in [0.15, 0.2) is 0 Å². The van der Waals surface area contributed by atoms with Crippen LogP contribution < -0.4 is 4.90 Å². The van der Waals surface area contributed by atoms with Gasteiger partial charge in [-0.25, -0.2) is 4.98 Å². The fraction of sp³-hybridized carbons (Fsp3) is 0.600. The molecule has 1 aromatic rings. The van der Waals surface area contributed by atoms with Gasteiger partial charge in [-0.15, -0.1) is 0 Å². The van der Waals surface area contributed by atoms with Gasteiger partial charge in [0.2, 0.25) is 0 Å². The number of anilines is 1. The number of hydrogen-bond acceptors (Lipinski definition) is 3. The number of aromatic nitrogens is 2. The van der Waals surface area contributed by atoms with Crippen molar-refractivity contribution in [3.8, 4) is 0 Å². The van der Waals surface area contributed by atoms with E-state index in [1.807, 2.05) is 0 Å². The third-order valence-electron chi connectivity index (χ3n) is 1.41. The lowest BCUT2D eigenvalue weighted by Gasteiger charge is -2.30. The molecule has 0 spiro atoms. The van der Waals surface area contributed by atoms with Crippen molar-refractivity contribution in [2.45, 2.75) is 19.6 Å². The fourth-order valence-corrected chi connectivity index (χ4v) is 1.14. The molecule has 1 aliphatic heterocycles. The standard InChI is InChI=1S/C10H14BrN3/c1-8-2-4-14(5-3-8)10-7-12-6-9(11)13-10/h6-8H,2-5H2,1H3/i1D3,2D2,3D2,4D2,5D2,8D. The average Bonchev–Trinajstić information content (AvgIpc) is 2.42. The highest BCUT2D eigenvalue weighted by atomic mass is 79.9. The van der Waals surface area contributed by atoms with Crippen LogP contribution in [-0.4, -0.2) is 23.0 Å². The lowest BCUT2D eigenvalue weighted by atomic mass is 9.99. The van der Waals surface area contributed by atoms with Crippen LogP contribution in [0.15, 0.2) is 17.0 Å². The predicted octanol–water partition coefficient (Wildman–Crippen LogP) is 2.48. The first-order chi connectivity index (χ1) is 11.4. The Morgan fingerprint density at radius 2 is 2.43 bits per heavy atom. The van der Waals surface area contributed by atoms with Crippen LogP contribution in [0, 0.1) is 5.89 Å². The van der Waals surface area contributed by atoms with Crippen molar-refractivity contribution in [2.24, 2.45) is 5.89 Å². The molecule has 0 unspecified atom stereocenters. The summed E-state index contributed by atoms with van der Waals surface area (Å²) in [5.74, 6) is -4.31. The van der Waals surface area contributed by atoms with Crippen molar-refractivity contribution in [1.82, 2.24) is 9.97 Å². The van der Waals surface area contributed by atoms with Gasteiger partial charge in [-0.05, 0) is 34.6 Å². The largest absolute Gasteiger partial charge is 0.355 e. The highest BCUT2D eigenvalue weighted by Gasteiger charge is 2.16. The molecule has 1 aromatic heterocycles. The molecule has 3 nitrogen and oxygen atoms in total. The number of hydrogen-bond donors (Lipinski definition) is 0. The van der Waals surface area contributed by atoms with Gasteiger partial charge in [-0.1, -0.05) is 6.85 Å². The van der Waals surface area contributed by atoms with Crippen molar-refractivity contribution in [3.63, 3.8) is 0 Å². The van der Waals surface area contributed by atoms with Gasteiger partial charge < -0.3 is 4.90 Å². The minimum absolute atomic E-state index is 0.0428. The summed E-state index contributed by atoms with van der Waals surface area (Å²) in [6.45, 7) is -10.6. The molecule has 0 amide bonds. The van der Waals surface area contributed by atoms with E-state index >= 15 is 0 Å².